The van der Waals surface area contributed by atoms with Crippen molar-refractivity contribution in [3.8, 4) is 0 Å². The first-order valence-corrected chi connectivity index (χ1v) is 8.61. The van der Waals surface area contributed by atoms with E-state index in [1.54, 1.807) is 13.8 Å². The summed E-state index contributed by atoms with van der Waals surface area (Å²) in [6.07, 6.45) is -0.270. The molecule has 2 aromatic carbocycles. The van der Waals surface area contributed by atoms with Crippen LogP contribution in [0.1, 0.15) is 47.9 Å². The molecule has 3 aliphatic carbocycles. The molecule has 0 radical (unpaired) electrons. The summed E-state index contributed by atoms with van der Waals surface area (Å²) in [6.45, 7) is 3.58. The zero-order valence-corrected chi connectivity index (χ0v) is 14.2. The van der Waals surface area contributed by atoms with Crippen molar-refractivity contribution in [2.45, 2.75) is 31.8 Å². The Bertz CT molecular complexity index is 807. The van der Waals surface area contributed by atoms with E-state index in [2.05, 4.69) is 0 Å². The van der Waals surface area contributed by atoms with E-state index in [-0.39, 0.29) is 17.9 Å². The number of aliphatic carboxylic acids is 1. The summed E-state index contributed by atoms with van der Waals surface area (Å²) < 4.78 is 5.45. The predicted molar refractivity (Wildman–Crippen MR) is 92.4 cm³/mol. The van der Waals surface area contributed by atoms with Crippen molar-refractivity contribution in [2.24, 2.45) is 11.8 Å². The van der Waals surface area contributed by atoms with Crippen LogP contribution < -0.4 is 0 Å². The zero-order chi connectivity index (χ0) is 17.7. The molecule has 3 aliphatic rings. The van der Waals surface area contributed by atoms with Gasteiger partial charge in [0, 0.05) is 11.8 Å². The van der Waals surface area contributed by atoms with Gasteiger partial charge in [-0.2, -0.15) is 0 Å². The minimum atomic E-state index is -0.940. The third-order valence-corrected chi connectivity index (χ3v) is 5.35. The van der Waals surface area contributed by atoms with Gasteiger partial charge < -0.3 is 9.84 Å². The van der Waals surface area contributed by atoms with Crippen LogP contribution >= 0.6 is 0 Å². The van der Waals surface area contributed by atoms with E-state index in [9.17, 15) is 14.7 Å². The topological polar surface area (TPSA) is 63.6 Å². The lowest BCUT2D eigenvalue weighted by Gasteiger charge is -2.48. The number of ether oxygens (including phenoxy) is 1. The molecule has 0 heterocycles. The number of carboxylic acid groups (broad SMARTS) is 1. The van der Waals surface area contributed by atoms with Gasteiger partial charge in [-0.25, -0.2) is 0 Å². The van der Waals surface area contributed by atoms with Crippen LogP contribution in [0.2, 0.25) is 0 Å². The van der Waals surface area contributed by atoms with Gasteiger partial charge in [-0.3, -0.25) is 9.59 Å². The average Bonchev–Trinajstić information content (AvgIpc) is 2.60. The van der Waals surface area contributed by atoms with Crippen molar-refractivity contribution in [3.63, 3.8) is 0 Å². The van der Waals surface area contributed by atoms with E-state index < -0.39 is 23.8 Å². The highest BCUT2D eigenvalue weighted by Gasteiger charge is 2.56. The fourth-order valence-corrected chi connectivity index (χ4v) is 4.57. The van der Waals surface area contributed by atoms with Gasteiger partial charge in [0.1, 0.15) is 0 Å². The Hall–Kier alpha value is -2.62. The van der Waals surface area contributed by atoms with Crippen LogP contribution in [0.5, 0.6) is 0 Å². The molecule has 0 fully saturated rings. The molecule has 1 N–H and O–H groups in total. The molecule has 0 saturated carbocycles. The van der Waals surface area contributed by atoms with E-state index in [4.69, 9.17) is 4.74 Å². The zero-order valence-electron chi connectivity index (χ0n) is 14.2. The van der Waals surface area contributed by atoms with E-state index in [0.29, 0.717) is 0 Å². The summed E-state index contributed by atoms with van der Waals surface area (Å²) >= 11 is 0. The number of rotatable bonds is 3. The van der Waals surface area contributed by atoms with E-state index in [1.807, 2.05) is 48.5 Å². The van der Waals surface area contributed by atoms with Crippen LogP contribution in [0.3, 0.4) is 0 Å². The maximum atomic E-state index is 12.8. The molecule has 25 heavy (non-hydrogen) atoms. The highest BCUT2D eigenvalue weighted by Crippen LogP contribution is 2.58. The summed E-state index contributed by atoms with van der Waals surface area (Å²) in [4.78, 5) is 25.0. The largest absolute Gasteiger partial charge is 0.481 e. The Kier molecular flexibility index (Phi) is 3.64. The first-order chi connectivity index (χ1) is 12.0. The second-order valence-corrected chi connectivity index (χ2v) is 7.09. The number of esters is 1. The van der Waals surface area contributed by atoms with Crippen LogP contribution in [0.25, 0.3) is 0 Å². The van der Waals surface area contributed by atoms with Crippen LogP contribution in [0.4, 0.5) is 0 Å². The second-order valence-electron chi connectivity index (χ2n) is 7.09. The van der Waals surface area contributed by atoms with Crippen LogP contribution in [0.15, 0.2) is 48.5 Å². The van der Waals surface area contributed by atoms with Gasteiger partial charge in [-0.1, -0.05) is 48.5 Å². The third-order valence-electron chi connectivity index (χ3n) is 5.35. The molecule has 5 rings (SSSR count). The normalized spacial score (nSPS) is 26.0. The third kappa shape index (κ3) is 2.28. The summed E-state index contributed by atoms with van der Waals surface area (Å²) in [6, 6.07) is 15.8. The number of benzene rings is 2. The Morgan fingerprint density at radius 3 is 1.60 bits per heavy atom. The molecule has 0 aromatic heterocycles. The van der Waals surface area contributed by atoms with Crippen molar-refractivity contribution in [2.75, 3.05) is 0 Å². The maximum Gasteiger partial charge on any atom is 0.311 e. The Labute approximate surface area is 146 Å². The molecule has 4 nitrogen and oxygen atoms in total. The summed E-state index contributed by atoms with van der Waals surface area (Å²) in [5.41, 5.74) is 4.14. The van der Waals surface area contributed by atoms with E-state index >= 15 is 0 Å². The predicted octanol–water partition coefficient (Wildman–Crippen LogP) is 3.55. The molecule has 0 amide bonds. The number of carboxylic acids is 1. The minimum absolute atomic E-state index is 0.270. The minimum Gasteiger partial charge on any atom is -0.481 e. The molecule has 2 aromatic rings. The van der Waals surface area contributed by atoms with Crippen LogP contribution in [-0.4, -0.2) is 23.1 Å². The number of fused-ring (bicyclic) bond motifs is 1. The lowest BCUT2D eigenvalue weighted by molar-refractivity contribution is -0.163. The van der Waals surface area contributed by atoms with Crippen molar-refractivity contribution in [3.05, 3.63) is 70.8 Å². The monoisotopic (exact) mass is 336 g/mol. The van der Waals surface area contributed by atoms with Crippen LogP contribution in [-0.2, 0) is 14.3 Å². The highest BCUT2D eigenvalue weighted by atomic mass is 16.5. The fraction of sp³-hybridized carbons (Fsp3) is 0.333. The van der Waals surface area contributed by atoms with Crippen molar-refractivity contribution < 1.29 is 19.4 Å². The Morgan fingerprint density at radius 1 is 0.840 bits per heavy atom. The molecular weight excluding hydrogens is 316 g/mol. The molecule has 2 atom stereocenters. The van der Waals surface area contributed by atoms with Crippen molar-refractivity contribution >= 4 is 11.9 Å². The van der Waals surface area contributed by atoms with E-state index in [1.165, 1.54) is 0 Å². The summed E-state index contributed by atoms with van der Waals surface area (Å²) in [7, 11) is 0. The SMILES string of the molecule is CC(C)OC(=O)[C@H]1C2c3ccccc3C(c3ccccc32)[C@@H]1C(=O)O. The van der Waals surface area contributed by atoms with Gasteiger partial charge in [0.05, 0.1) is 17.9 Å². The fourth-order valence-electron chi connectivity index (χ4n) is 4.57. The molecule has 128 valence electrons. The standard InChI is InChI=1S/C21H20O4/c1-11(2)25-21(24)19-17-14-9-5-3-7-12(14)16(18(19)20(22)23)13-8-4-6-10-15(13)17/h3-11,16-19H,1-2H3,(H,22,23)/t16?,17?,18-,19-/m0/s1. The number of hydrogen-bond donors (Lipinski definition) is 1. The summed E-state index contributed by atoms with van der Waals surface area (Å²) in [5.74, 6) is -3.45. The molecule has 4 heteroatoms. The van der Waals surface area contributed by atoms with Gasteiger partial charge in [-0.15, -0.1) is 0 Å². The quantitative estimate of drug-likeness (QED) is 0.871. The molecular formula is C21H20O4. The van der Waals surface area contributed by atoms with Gasteiger partial charge in [0.15, 0.2) is 0 Å². The van der Waals surface area contributed by atoms with Crippen LogP contribution in [0, 0.1) is 11.8 Å². The van der Waals surface area contributed by atoms with Crippen molar-refractivity contribution in [1.82, 2.24) is 0 Å². The van der Waals surface area contributed by atoms with Gasteiger partial charge >= 0.3 is 11.9 Å². The Morgan fingerprint density at radius 2 is 1.24 bits per heavy atom. The van der Waals surface area contributed by atoms with Gasteiger partial charge in [-0.05, 0) is 36.1 Å². The Balaban J connectivity index is 1.95. The number of carbonyl (C=O) groups is 2. The molecule has 0 aliphatic heterocycles. The first-order valence-electron chi connectivity index (χ1n) is 8.61. The number of hydrogen-bond acceptors (Lipinski definition) is 3. The lowest BCUT2D eigenvalue weighted by atomic mass is 9.54. The van der Waals surface area contributed by atoms with Crippen molar-refractivity contribution in [1.29, 1.82) is 0 Å². The smallest absolute Gasteiger partial charge is 0.311 e. The van der Waals surface area contributed by atoms with Gasteiger partial charge in [0.25, 0.3) is 0 Å². The molecule has 0 spiro atoms. The maximum absolute atomic E-state index is 12.8. The highest BCUT2D eigenvalue weighted by molar-refractivity contribution is 5.87. The lowest BCUT2D eigenvalue weighted by Crippen LogP contribution is -2.47. The average molecular weight is 336 g/mol. The second kappa shape index (κ2) is 5.73. The molecule has 2 bridgehead atoms. The molecule has 0 saturated heterocycles. The van der Waals surface area contributed by atoms with Gasteiger partial charge in [0.2, 0.25) is 0 Å². The first kappa shape index (κ1) is 15.9. The number of carbonyl (C=O) groups excluding carboxylic acids is 1. The summed E-state index contributed by atoms with van der Waals surface area (Å²) in [5, 5.41) is 9.96. The molecule has 0 unspecified atom stereocenters. The van der Waals surface area contributed by atoms with E-state index in [0.717, 1.165) is 22.3 Å².